The summed E-state index contributed by atoms with van der Waals surface area (Å²) >= 11 is 1.60. The number of allylic oxidation sites excluding steroid dienone is 1. The molecule has 18 heavy (non-hydrogen) atoms. The van der Waals surface area contributed by atoms with Crippen LogP contribution < -0.4 is 0 Å². The molecule has 0 bridgehead atoms. The van der Waals surface area contributed by atoms with Gasteiger partial charge < -0.3 is 0 Å². The molecule has 0 N–H and O–H groups in total. The van der Waals surface area contributed by atoms with Crippen LogP contribution in [-0.2, 0) is 0 Å². The number of rotatable bonds is 8. The van der Waals surface area contributed by atoms with Gasteiger partial charge in [-0.25, -0.2) is 0 Å². The molecular weight excluding hydrogens is 246 g/mol. The maximum Gasteiger partial charge on any atom is 0.269 e. The summed E-state index contributed by atoms with van der Waals surface area (Å²) < 4.78 is 0. The van der Waals surface area contributed by atoms with Crippen molar-refractivity contribution in [3.8, 4) is 0 Å². The van der Waals surface area contributed by atoms with E-state index < -0.39 is 0 Å². The lowest BCUT2D eigenvalue weighted by Gasteiger charge is -1.96. The Labute approximate surface area is 112 Å². The molecule has 0 radical (unpaired) electrons. The fourth-order valence-corrected chi connectivity index (χ4v) is 2.21. The highest BCUT2D eigenvalue weighted by Gasteiger charge is 2.02. The van der Waals surface area contributed by atoms with Crippen LogP contribution in [0.1, 0.15) is 39.0 Å². The van der Waals surface area contributed by atoms with Crippen LogP contribution in [0.4, 0.5) is 5.69 Å². The second-order valence-electron chi connectivity index (χ2n) is 4.09. The van der Waals surface area contributed by atoms with Crippen molar-refractivity contribution in [3.05, 3.63) is 45.9 Å². The predicted molar refractivity (Wildman–Crippen MR) is 76.9 cm³/mol. The van der Waals surface area contributed by atoms with E-state index in [2.05, 4.69) is 18.4 Å². The highest BCUT2D eigenvalue weighted by atomic mass is 32.2. The number of nitro groups is 1. The Morgan fingerprint density at radius 2 is 1.94 bits per heavy atom. The van der Waals surface area contributed by atoms with E-state index in [1.54, 1.807) is 23.9 Å². The summed E-state index contributed by atoms with van der Waals surface area (Å²) in [5.74, 6) is 0. The highest BCUT2D eigenvalue weighted by Crippen LogP contribution is 2.22. The van der Waals surface area contributed by atoms with Gasteiger partial charge in [-0.2, -0.15) is 0 Å². The lowest BCUT2D eigenvalue weighted by Crippen LogP contribution is -1.86. The fraction of sp³-hybridized carbons (Fsp3) is 0.429. The molecule has 4 heteroatoms. The van der Waals surface area contributed by atoms with Crippen LogP contribution in [0, 0.1) is 10.1 Å². The van der Waals surface area contributed by atoms with Gasteiger partial charge in [-0.3, -0.25) is 10.1 Å². The number of thioether (sulfide) groups is 1. The van der Waals surface area contributed by atoms with Crippen molar-refractivity contribution in [3.63, 3.8) is 0 Å². The van der Waals surface area contributed by atoms with E-state index in [0.717, 1.165) is 11.3 Å². The Hall–Kier alpha value is -1.29. The van der Waals surface area contributed by atoms with Crippen molar-refractivity contribution >= 4 is 17.4 Å². The largest absolute Gasteiger partial charge is 0.269 e. The zero-order chi connectivity index (χ0) is 13.2. The van der Waals surface area contributed by atoms with Crippen molar-refractivity contribution in [1.82, 2.24) is 0 Å². The fourth-order valence-electron chi connectivity index (χ4n) is 1.53. The van der Waals surface area contributed by atoms with E-state index in [1.165, 1.54) is 37.8 Å². The molecular formula is C14H19NO2S. The molecule has 3 nitrogen and oxygen atoms in total. The highest BCUT2D eigenvalue weighted by molar-refractivity contribution is 8.02. The van der Waals surface area contributed by atoms with Gasteiger partial charge >= 0.3 is 0 Å². The quantitative estimate of drug-likeness (QED) is 0.282. The average Bonchev–Trinajstić information content (AvgIpc) is 2.38. The zero-order valence-electron chi connectivity index (χ0n) is 10.7. The summed E-state index contributed by atoms with van der Waals surface area (Å²) in [6, 6.07) is 6.64. The summed E-state index contributed by atoms with van der Waals surface area (Å²) in [7, 11) is 0. The summed E-state index contributed by atoms with van der Waals surface area (Å²) in [6.07, 6.45) is 8.39. The van der Waals surface area contributed by atoms with Crippen molar-refractivity contribution < 1.29 is 4.92 Å². The summed E-state index contributed by atoms with van der Waals surface area (Å²) in [4.78, 5) is 11.1. The smallest absolute Gasteiger partial charge is 0.258 e. The third-order valence-corrected chi connectivity index (χ3v) is 3.45. The first kappa shape index (κ1) is 14.8. The molecule has 0 aliphatic heterocycles. The monoisotopic (exact) mass is 265 g/mol. The van der Waals surface area contributed by atoms with Crippen LogP contribution >= 0.6 is 11.8 Å². The molecule has 1 aromatic carbocycles. The van der Waals surface area contributed by atoms with E-state index >= 15 is 0 Å². The lowest BCUT2D eigenvalue weighted by molar-refractivity contribution is -0.384. The summed E-state index contributed by atoms with van der Waals surface area (Å²) in [6.45, 7) is 2.21. The Kier molecular flexibility index (Phi) is 7.18. The van der Waals surface area contributed by atoms with Gasteiger partial charge in [-0.05, 0) is 30.4 Å². The van der Waals surface area contributed by atoms with Gasteiger partial charge in [0.15, 0.2) is 0 Å². The number of nitrogens with zero attached hydrogens (tertiary/aromatic N) is 1. The van der Waals surface area contributed by atoms with Crippen LogP contribution in [0.3, 0.4) is 0 Å². The Bertz CT molecular complexity index is 387. The first-order valence-electron chi connectivity index (χ1n) is 6.30. The molecule has 0 aliphatic rings. The maximum atomic E-state index is 10.5. The molecule has 0 heterocycles. The Morgan fingerprint density at radius 1 is 1.22 bits per heavy atom. The number of benzene rings is 1. The summed E-state index contributed by atoms with van der Waals surface area (Å²) in [5, 5.41) is 12.5. The number of unbranched alkanes of at least 4 members (excludes halogenated alkanes) is 4. The first-order valence-corrected chi connectivity index (χ1v) is 7.18. The number of non-ortho nitro benzene ring substituents is 1. The molecule has 0 fully saturated rings. The first-order chi connectivity index (χ1) is 8.74. The van der Waals surface area contributed by atoms with Gasteiger partial charge in [-0.1, -0.05) is 44.0 Å². The van der Waals surface area contributed by atoms with Crippen LogP contribution in [-0.4, -0.2) is 4.92 Å². The van der Waals surface area contributed by atoms with Gasteiger partial charge in [0.2, 0.25) is 0 Å². The van der Waals surface area contributed by atoms with E-state index in [9.17, 15) is 10.1 Å². The van der Waals surface area contributed by atoms with E-state index in [0.29, 0.717) is 0 Å². The van der Waals surface area contributed by atoms with Crippen molar-refractivity contribution in [2.45, 2.75) is 43.9 Å². The van der Waals surface area contributed by atoms with Crippen molar-refractivity contribution in [1.29, 1.82) is 0 Å². The number of hydrogen-bond donors (Lipinski definition) is 0. The average molecular weight is 265 g/mol. The van der Waals surface area contributed by atoms with Crippen LogP contribution in [0.5, 0.6) is 0 Å². The standard InChI is InChI=1S/C14H19NO2S/c1-2-3-4-5-6-7-12-18-14-10-8-13(9-11-14)15(16)17/h7-12H,2-6H2,1H3. The van der Waals surface area contributed by atoms with Crippen LogP contribution in [0.15, 0.2) is 40.6 Å². The minimum atomic E-state index is -0.377. The summed E-state index contributed by atoms with van der Waals surface area (Å²) in [5.41, 5.74) is 0.142. The van der Waals surface area contributed by atoms with Crippen LogP contribution in [0.2, 0.25) is 0 Å². The zero-order valence-corrected chi connectivity index (χ0v) is 11.5. The predicted octanol–water partition coefficient (Wildman–Crippen LogP) is 5.17. The molecule has 0 atom stereocenters. The van der Waals surface area contributed by atoms with Gasteiger partial charge in [0, 0.05) is 17.0 Å². The van der Waals surface area contributed by atoms with Crippen molar-refractivity contribution in [2.24, 2.45) is 0 Å². The SMILES string of the molecule is CCCCCCC=CSc1ccc([N+](=O)[O-])cc1. The normalized spacial score (nSPS) is 10.9. The third-order valence-electron chi connectivity index (χ3n) is 2.57. The van der Waals surface area contributed by atoms with Crippen molar-refractivity contribution in [2.75, 3.05) is 0 Å². The van der Waals surface area contributed by atoms with Gasteiger partial charge in [-0.15, -0.1) is 0 Å². The van der Waals surface area contributed by atoms with Gasteiger partial charge in [0.1, 0.15) is 0 Å². The topological polar surface area (TPSA) is 43.1 Å². The third kappa shape index (κ3) is 5.87. The molecule has 1 aromatic rings. The minimum absolute atomic E-state index is 0.142. The molecule has 98 valence electrons. The second kappa shape index (κ2) is 8.75. The van der Waals surface area contributed by atoms with Gasteiger partial charge in [0.25, 0.3) is 5.69 Å². The molecule has 0 spiro atoms. The van der Waals surface area contributed by atoms with Crippen LogP contribution in [0.25, 0.3) is 0 Å². The Balaban J connectivity index is 2.26. The van der Waals surface area contributed by atoms with E-state index in [-0.39, 0.29) is 10.6 Å². The molecule has 0 saturated heterocycles. The molecule has 0 aromatic heterocycles. The molecule has 0 saturated carbocycles. The molecule has 0 unspecified atom stereocenters. The van der Waals surface area contributed by atoms with Gasteiger partial charge in [0.05, 0.1) is 4.92 Å². The molecule has 0 aliphatic carbocycles. The second-order valence-corrected chi connectivity index (χ2v) is 5.07. The maximum absolute atomic E-state index is 10.5. The number of hydrogen-bond acceptors (Lipinski definition) is 3. The molecule has 1 rings (SSSR count). The Morgan fingerprint density at radius 3 is 2.56 bits per heavy atom. The molecule has 0 amide bonds. The van der Waals surface area contributed by atoms with E-state index in [4.69, 9.17) is 0 Å². The van der Waals surface area contributed by atoms with E-state index in [1.807, 2.05) is 0 Å². The lowest BCUT2D eigenvalue weighted by atomic mass is 10.2. The number of nitro benzene ring substituents is 1. The minimum Gasteiger partial charge on any atom is -0.258 e.